The molecule has 0 unspecified atom stereocenters. The Kier molecular flexibility index (Phi) is 5.48. The van der Waals surface area contributed by atoms with Crippen LogP contribution in [-0.2, 0) is 6.54 Å². The van der Waals surface area contributed by atoms with Crippen molar-refractivity contribution in [1.29, 1.82) is 0 Å². The maximum atomic E-state index is 14.2. The van der Waals surface area contributed by atoms with Gasteiger partial charge in [0.1, 0.15) is 11.6 Å². The number of aryl methyl sites for hydroxylation is 1. The molecular formula is C20H25FN2O. The van der Waals surface area contributed by atoms with Gasteiger partial charge in [-0.05, 0) is 38.4 Å². The van der Waals surface area contributed by atoms with Gasteiger partial charge in [0.2, 0.25) is 0 Å². The first-order valence-corrected chi connectivity index (χ1v) is 8.54. The summed E-state index contributed by atoms with van der Waals surface area (Å²) in [6.45, 7) is 3.71. The number of methoxy groups -OCH3 is 1. The zero-order valence-electron chi connectivity index (χ0n) is 14.3. The van der Waals surface area contributed by atoms with Crippen LogP contribution in [0.2, 0.25) is 0 Å². The lowest BCUT2D eigenvalue weighted by Gasteiger charge is -2.34. The summed E-state index contributed by atoms with van der Waals surface area (Å²) in [6.07, 6.45) is 2.12. The molecular weight excluding hydrogens is 303 g/mol. The van der Waals surface area contributed by atoms with Crippen LogP contribution >= 0.6 is 0 Å². The van der Waals surface area contributed by atoms with Crippen molar-refractivity contribution < 1.29 is 9.13 Å². The molecule has 3 nitrogen and oxygen atoms in total. The molecule has 2 aromatic carbocycles. The van der Waals surface area contributed by atoms with Crippen LogP contribution in [0.5, 0.6) is 5.75 Å². The molecule has 0 aromatic heterocycles. The van der Waals surface area contributed by atoms with Gasteiger partial charge < -0.3 is 15.4 Å². The molecule has 0 amide bonds. The van der Waals surface area contributed by atoms with Crippen molar-refractivity contribution in [1.82, 2.24) is 10.6 Å². The maximum Gasteiger partial charge on any atom is 0.128 e. The van der Waals surface area contributed by atoms with Crippen molar-refractivity contribution in [2.75, 3.05) is 13.7 Å². The summed E-state index contributed by atoms with van der Waals surface area (Å²) in [4.78, 5) is 0. The Hall–Kier alpha value is -1.91. The zero-order valence-corrected chi connectivity index (χ0v) is 14.3. The van der Waals surface area contributed by atoms with E-state index in [1.807, 2.05) is 24.3 Å². The fraction of sp³-hybridized carbons (Fsp3) is 0.400. The first kappa shape index (κ1) is 16.9. The molecule has 4 heteroatoms. The van der Waals surface area contributed by atoms with Gasteiger partial charge in [0.25, 0.3) is 0 Å². The van der Waals surface area contributed by atoms with Gasteiger partial charge in [-0.15, -0.1) is 0 Å². The summed E-state index contributed by atoms with van der Waals surface area (Å²) in [5.74, 6) is 0.746. The van der Waals surface area contributed by atoms with Crippen molar-refractivity contribution in [3.63, 3.8) is 0 Å². The van der Waals surface area contributed by atoms with Gasteiger partial charge in [-0.2, -0.15) is 0 Å². The van der Waals surface area contributed by atoms with Crippen molar-refractivity contribution in [3.8, 4) is 5.75 Å². The largest absolute Gasteiger partial charge is 0.496 e. The monoisotopic (exact) mass is 328 g/mol. The van der Waals surface area contributed by atoms with Gasteiger partial charge in [0.15, 0.2) is 0 Å². The average molecular weight is 328 g/mol. The van der Waals surface area contributed by atoms with E-state index in [1.165, 1.54) is 11.6 Å². The predicted octanol–water partition coefficient (Wildman–Crippen LogP) is 3.73. The molecule has 3 rings (SSSR count). The third-order valence-electron chi connectivity index (χ3n) is 4.69. The molecule has 1 saturated heterocycles. The van der Waals surface area contributed by atoms with Crippen LogP contribution < -0.4 is 15.4 Å². The van der Waals surface area contributed by atoms with Crippen LogP contribution in [-0.4, -0.2) is 19.7 Å². The number of nitrogens with one attached hydrogen (secondary N) is 2. The van der Waals surface area contributed by atoms with Crippen LogP contribution in [0.15, 0.2) is 42.5 Å². The summed E-state index contributed by atoms with van der Waals surface area (Å²) in [7, 11) is 1.69. The molecule has 1 aliphatic rings. The van der Waals surface area contributed by atoms with Crippen LogP contribution in [0.4, 0.5) is 4.39 Å². The molecule has 1 aliphatic heterocycles. The Balaban J connectivity index is 1.75. The molecule has 0 bridgehead atoms. The second-order valence-corrected chi connectivity index (χ2v) is 6.40. The van der Waals surface area contributed by atoms with E-state index in [9.17, 15) is 4.39 Å². The van der Waals surface area contributed by atoms with Crippen molar-refractivity contribution in [2.45, 2.75) is 38.4 Å². The predicted molar refractivity (Wildman–Crippen MR) is 94.7 cm³/mol. The van der Waals surface area contributed by atoms with Crippen LogP contribution in [0.1, 0.15) is 35.6 Å². The Morgan fingerprint density at radius 3 is 2.88 bits per heavy atom. The van der Waals surface area contributed by atoms with Crippen LogP contribution in [0.3, 0.4) is 0 Å². The van der Waals surface area contributed by atoms with E-state index in [-0.39, 0.29) is 17.9 Å². The van der Waals surface area contributed by atoms with Gasteiger partial charge in [-0.3, -0.25) is 0 Å². The van der Waals surface area contributed by atoms with Gasteiger partial charge in [0.05, 0.1) is 13.2 Å². The first-order valence-electron chi connectivity index (χ1n) is 8.54. The average Bonchev–Trinajstić information content (AvgIpc) is 2.61. The topological polar surface area (TPSA) is 33.3 Å². The lowest BCUT2D eigenvalue weighted by molar-refractivity contribution is 0.297. The number of benzene rings is 2. The minimum Gasteiger partial charge on any atom is -0.496 e. The smallest absolute Gasteiger partial charge is 0.128 e. The number of hydrogen-bond acceptors (Lipinski definition) is 3. The molecule has 1 heterocycles. The Labute approximate surface area is 143 Å². The Bertz CT molecular complexity index is 689. The van der Waals surface area contributed by atoms with Gasteiger partial charge in [-0.1, -0.05) is 35.9 Å². The van der Waals surface area contributed by atoms with E-state index in [4.69, 9.17) is 4.74 Å². The number of piperidine rings is 1. The standard InChI is InChI=1S/C20H25FN2O/c1-14-9-10-19(24-2)15(12-14)13-23-18-8-5-11-22-20(18)16-6-3-4-7-17(16)21/h3-4,6-7,9-10,12,18,20,22-23H,5,8,11,13H2,1-2H3/t18-,20-/m0/s1. The van der Waals surface area contributed by atoms with E-state index in [2.05, 4.69) is 23.6 Å². The van der Waals surface area contributed by atoms with Crippen molar-refractivity contribution >= 4 is 0 Å². The quantitative estimate of drug-likeness (QED) is 0.877. The number of halogens is 1. The second kappa shape index (κ2) is 7.77. The molecule has 2 N–H and O–H groups in total. The molecule has 2 atom stereocenters. The first-order chi connectivity index (χ1) is 11.7. The fourth-order valence-corrected chi connectivity index (χ4v) is 3.45. The molecule has 0 aliphatic carbocycles. The highest BCUT2D eigenvalue weighted by Gasteiger charge is 2.27. The maximum absolute atomic E-state index is 14.2. The third-order valence-corrected chi connectivity index (χ3v) is 4.69. The molecule has 0 saturated carbocycles. The summed E-state index contributed by atoms with van der Waals surface area (Å²) < 4.78 is 19.6. The summed E-state index contributed by atoms with van der Waals surface area (Å²) in [5, 5.41) is 7.08. The number of rotatable bonds is 5. The zero-order chi connectivity index (χ0) is 16.9. The second-order valence-electron chi connectivity index (χ2n) is 6.40. The molecule has 0 spiro atoms. The van der Waals surface area contributed by atoms with E-state index in [0.717, 1.165) is 36.3 Å². The van der Waals surface area contributed by atoms with E-state index in [0.29, 0.717) is 6.54 Å². The highest BCUT2D eigenvalue weighted by molar-refractivity contribution is 5.37. The van der Waals surface area contributed by atoms with Crippen molar-refractivity contribution in [3.05, 3.63) is 65.0 Å². The minimum absolute atomic E-state index is 0.00393. The Morgan fingerprint density at radius 2 is 2.08 bits per heavy atom. The van der Waals surface area contributed by atoms with Gasteiger partial charge in [0, 0.05) is 23.7 Å². The van der Waals surface area contributed by atoms with Gasteiger partial charge in [-0.25, -0.2) is 4.39 Å². The number of hydrogen-bond donors (Lipinski definition) is 2. The van der Waals surface area contributed by atoms with Crippen LogP contribution in [0.25, 0.3) is 0 Å². The van der Waals surface area contributed by atoms with E-state index >= 15 is 0 Å². The third kappa shape index (κ3) is 3.77. The van der Waals surface area contributed by atoms with Crippen LogP contribution in [0, 0.1) is 12.7 Å². The van der Waals surface area contributed by atoms with E-state index < -0.39 is 0 Å². The highest BCUT2D eigenvalue weighted by atomic mass is 19.1. The van der Waals surface area contributed by atoms with Crippen molar-refractivity contribution in [2.24, 2.45) is 0 Å². The summed E-state index contributed by atoms with van der Waals surface area (Å²) >= 11 is 0. The lowest BCUT2D eigenvalue weighted by Crippen LogP contribution is -2.46. The Morgan fingerprint density at radius 1 is 1.25 bits per heavy atom. The molecule has 1 fully saturated rings. The normalized spacial score (nSPS) is 20.8. The fourth-order valence-electron chi connectivity index (χ4n) is 3.45. The summed E-state index contributed by atoms with van der Waals surface area (Å²) in [5.41, 5.74) is 3.08. The molecule has 2 aromatic rings. The molecule has 128 valence electrons. The minimum atomic E-state index is -0.142. The molecule has 24 heavy (non-hydrogen) atoms. The van der Waals surface area contributed by atoms with E-state index in [1.54, 1.807) is 13.2 Å². The molecule has 0 radical (unpaired) electrons. The summed E-state index contributed by atoms with van der Waals surface area (Å²) in [6, 6.07) is 13.4. The SMILES string of the molecule is COc1ccc(C)cc1CN[C@H]1CCCN[C@H]1c1ccccc1F. The lowest BCUT2D eigenvalue weighted by atomic mass is 9.91. The van der Waals surface area contributed by atoms with Gasteiger partial charge >= 0.3 is 0 Å². The number of ether oxygens (including phenoxy) is 1. The highest BCUT2D eigenvalue weighted by Crippen LogP contribution is 2.27.